The molecule has 0 spiro atoms. The zero-order valence-electron chi connectivity index (χ0n) is 10.4. The van der Waals surface area contributed by atoms with Crippen molar-refractivity contribution in [2.24, 2.45) is 0 Å². The molecule has 21 heavy (non-hydrogen) atoms. The maximum absolute atomic E-state index is 13.1. The molecule has 0 saturated carbocycles. The van der Waals surface area contributed by atoms with Crippen molar-refractivity contribution in [3.8, 4) is 0 Å². The van der Waals surface area contributed by atoms with E-state index in [9.17, 15) is 13.2 Å². The van der Waals surface area contributed by atoms with Crippen LogP contribution in [0, 0.1) is 4.77 Å². The summed E-state index contributed by atoms with van der Waals surface area (Å²) in [6, 6.07) is 6.33. The van der Waals surface area contributed by atoms with Crippen LogP contribution in [-0.2, 0) is 12.7 Å². The molecule has 0 aliphatic carbocycles. The first-order chi connectivity index (χ1) is 9.88. The molecule has 1 aromatic carbocycles. The average molecular weight is 314 g/mol. The maximum atomic E-state index is 13.1. The fraction of sp³-hybridized carbons (Fsp3) is 0.182. The molecule has 3 aromatic rings. The van der Waals surface area contributed by atoms with E-state index < -0.39 is 12.0 Å². The first kappa shape index (κ1) is 13.6. The number of rotatable bonds is 2. The number of benzene rings is 1. The maximum Gasteiger partial charge on any atom is 0.449 e. The van der Waals surface area contributed by atoms with Crippen molar-refractivity contribution in [2.45, 2.75) is 12.7 Å². The average Bonchev–Trinajstić information content (AvgIpc) is 2.95. The molecule has 2 heterocycles. The van der Waals surface area contributed by atoms with Crippen molar-refractivity contribution in [2.75, 3.05) is 5.84 Å². The summed E-state index contributed by atoms with van der Waals surface area (Å²) in [5.74, 6) is 4.80. The Morgan fingerprint density at radius 3 is 2.62 bits per heavy atom. The minimum absolute atomic E-state index is 0.128. The molecule has 0 unspecified atom stereocenters. The predicted molar refractivity (Wildman–Crippen MR) is 71.4 cm³/mol. The van der Waals surface area contributed by atoms with Crippen molar-refractivity contribution in [1.29, 1.82) is 0 Å². The highest BCUT2D eigenvalue weighted by molar-refractivity contribution is 7.71. The minimum Gasteiger partial charge on any atom is -0.335 e. The number of aromatic amines is 1. The molecule has 0 bridgehead atoms. The Hall–Kier alpha value is -2.36. The molecule has 0 radical (unpaired) electrons. The number of aromatic nitrogens is 5. The fourth-order valence-electron chi connectivity index (χ4n) is 2.04. The number of alkyl halides is 3. The van der Waals surface area contributed by atoms with Gasteiger partial charge >= 0.3 is 6.18 Å². The first-order valence-electron chi connectivity index (χ1n) is 5.82. The van der Waals surface area contributed by atoms with Crippen LogP contribution in [-0.4, -0.2) is 24.4 Å². The summed E-state index contributed by atoms with van der Waals surface area (Å²) in [5.41, 5.74) is 0.598. The molecule has 3 N–H and O–H groups in total. The standard InChI is InChI=1S/C11H9F3N6S/c12-11(13,14)9-16-6-3-1-2-4-7(6)19(9)5-8-17-18-10(21)20(8)15/h1-4H,5,15H2,(H,18,21). The van der Waals surface area contributed by atoms with Gasteiger partial charge in [0, 0.05) is 0 Å². The van der Waals surface area contributed by atoms with Gasteiger partial charge < -0.3 is 10.4 Å². The number of nitrogens with two attached hydrogens (primary N) is 1. The lowest BCUT2D eigenvalue weighted by molar-refractivity contribution is -0.146. The lowest BCUT2D eigenvalue weighted by atomic mass is 10.3. The number of H-pyrrole nitrogens is 1. The molecule has 0 atom stereocenters. The molecule has 3 rings (SSSR count). The van der Waals surface area contributed by atoms with Crippen molar-refractivity contribution < 1.29 is 13.2 Å². The van der Waals surface area contributed by atoms with Crippen LogP contribution in [0.25, 0.3) is 11.0 Å². The molecular weight excluding hydrogens is 305 g/mol. The van der Waals surface area contributed by atoms with Crippen molar-refractivity contribution in [1.82, 2.24) is 24.4 Å². The molecule has 0 aliphatic heterocycles. The highest BCUT2D eigenvalue weighted by Crippen LogP contribution is 2.31. The second-order valence-electron chi connectivity index (χ2n) is 4.32. The number of hydrogen-bond donors (Lipinski definition) is 2. The fourth-order valence-corrected chi connectivity index (χ4v) is 2.19. The van der Waals surface area contributed by atoms with E-state index in [4.69, 9.17) is 18.1 Å². The Balaban J connectivity index is 2.20. The van der Waals surface area contributed by atoms with Gasteiger partial charge in [0.25, 0.3) is 0 Å². The zero-order chi connectivity index (χ0) is 15.2. The Morgan fingerprint density at radius 1 is 1.29 bits per heavy atom. The van der Waals surface area contributed by atoms with Gasteiger partial charge in [0.05, 0.1) is 17.6 Å². The van der Waals surface area contributed by atoms with E-state index in [-0.39, 0.29) is 22.7 Å². The highest BCUT2D eigenvalue weighted by Gasteiger charge is 2.37. The van der Waals surface area contributed by atoms with Crippen LogP contribution in [0.2, 0.25) is 0 Å². The third-order valence-corrected chi connectivity index (χ3v) is 3.27. The summed E-state index contributed by atoms with van der Waals surface area (Å²) in [7, 11) is 0. The van der Waals surface area contributed by atoms with Gasteiger partial charge in [0.1, 0.15) is 0 Å². The van der Waals surface area contributed by atoms with E-state index >= 15 is 0 Å². The molecule has 2 aromatic heterocycles. The Labute approximate surface area is 121 Å². The molecule has 6 nitrogen and oxygen atoms in total. The summed E-state index contributed by atoms with van der Waals surface area (Å²) in [4.78, 5) is 3.64. The Morgan fingerprint density at radius 2 is 2.00 bits per heavy atom. The first-order valence-corrected chi connectivity index (χ1v) is 6.22. The quantitative estimate of drug-likeness (QED) is 0.561. The summed E-state index contributed by atoms with van der Waals surface area (Å²) >= 11 is 4.84. The van der Waals surface area contributed by atoms with Crippen LogP contribution in [0.3, 0.4) is 0 Å². The lowest BCUT2D eigenvalue weighted by Crippen LogP contribution is -2.20. The largest absolute Gasteiger partial charge is 0.449 e. The van der Waals surface area contributed by atoms with Gasteiger partial charge in [-0.15, -0.1) is 0 Å². The van der Waals surface area contributed by atoms with E-state index in [1.165, 1.54) is 6.07 Å². The Kier molecular flexibility index (Phi) is 2.97. The molecule has 0 aliphatic rings. The van der Waals surface area contributed by atoms with E-state index in [1.807, 2.05) is 0 Å². The number of hydrogen-bond acceptors (Lipinski definition) is 4. The molecule has 0 fully saturated rings. The van der Waals surface area contributed by atoms with Crippen molar-refractivity contribution in [3.05, 3.63) is 40.7 Å². The number of para-hydroxylation sites is 2. The van der Waals surface area contributed by atoms with E-state index in [1.54, 1.807) is 18.2 Å². The van der Waals surface area contributed by atoms with Gasteiger partial charge in [0.2, 0.25) is 10.6 Å². The number of nitrogens with zero attached hydrogens (tertiary/aromatic N) is 4. The number of fused-ring (bicyclic) bond motifs is 1. The van der Waals surface area contributed by atoms with Crippen molar-refractivity contribution in [3.63, 3.8) is 0 Å². The van der Waals surface area contributed by atoms with Gasteiger partial charge in [-0.1, -0.05) is 12.1 Å². The minimum atomic E-state index is -4.58. The second-order valence-corrected chi connectivity index (χ2v) is 4.71. The summed E-state index contributed by atoms with van der Waals surface area (Å²) in [6.07, 6.45) is -4.58. The normalized spacial score (nSPS) is 12.1. The van der Waals surface area contributed by atoms with Crippen LogP contribution < -0.4 is 5.84 Å². The number of halogens is 3. The van der Waals surface area contributed by atoms with Crippen LogP contribution in [0.5, 0.6) is 0 Å². The SMILES string of the molecule is Nn1c(Cn2c(C(F)(F)F)nc3ccccc32)n[nH]c1=S. The molecule has 10 heteroatoms. The van der Waals surface area contributed by atoms with E-state index in [2.05, 4.69) is 15.2 Å². The van der Waals surface area contributed by atoms with Gasteiger partial charge in [0.15, 0.2) is 5.82 Å². The van der Waals surface area contributed by atoms with Gasteiger partial charge in [-0.05, 0) is 24.4 Å². The summed E-state index contributed by atoms with van der Waals surface area (Å²) < 4.78 is 41.6. The monoisotopic (exact) mass is 314 g/mol. The van der Waals surface area contributed by atoms with Gasteiger partial charge in [-0.3, -0.25) is 5.10 Å². The van der Waals surface area contributed by atoms with Crippen molar-refractivity contribution >= 4 is 23.3 Å². The van der Waals surface area contributed by atoms with E-state index in [0.717, 1.165) is 9.24 Å². The van der Waals surface area contributed by atoms with Gasteiger partial charge in [-0.25, -0.2) is 9.66 Å². The zero-order valence-corrected chi connectivity index (χ0v) is 11.2. The third kappa shape index (κ3) is 2.27. The predicted octanol–water partition coefficient (Wildman–Crippen LogP) is 2.07. The second kappa shape index (κ2) is 4.58. The van der Waals surface area contributed by atoms with Crippen LogP contribution >= 0.6 is 12.2 Å². The molecule has 110 valence electrons. The third-order valence-electron chi connectivity index (χ3n) is 2.99. The number of nitrogen functional groups attached to an aromatic ring is 1. The topological polar surface area (TPSA) is 77.4 Å². The van der Waals surface area contributed by atoms with Crippen LogP contribution in [0.4, 0.5) is 13.2 Å². The molecule has 0 amide bonds. The smallest absolute Gasteiger partial charge is 0.335 e. The number of imidazole rings is 1. The Bertz CT molecular complexity index is 859. The molecule has 0 saturated heterocycles. The van der Waals surface area contributed by atoms with Gasteiger partial charge in [-0.2, -0.15) is 18.3 Å². The highest BCUT2D eigenvalue weighted by atomic mass is 32.1. The van der Waals surface area contributed by atoms with E-state index in [0.29, 0.717) is 5.52 Å². The van der Waals surface area contributed by atoms with Crippen LogP contribution in [0.15, 0.2) is 24.3 Å². The summed E-state index contributed by atoms with van der Waals surface area (Å²) in [5, 5.41) is 6.26. The molecular formula is C11H9F3N6S. The lowest BCUT2D eigenvalue weighted by Gasteiger charge is -2.10. The summed E-state index contributed by atoms with van der Waals surface area (Å²) in [6.45, 7) is -0.195. The van der Waals surface area contributed by atoms with Crippen LogP contribution in [0.1, 0.15) is 11.6 Å². The number of nitrogens with one attached hydrogen (secondary N) is 1.